The maximum absolute atomic E-state index is 4.49. The number of anilines is 1. The number of H-pyrrole nitrogens is 2. The summed E-state index contributed by atoms with van der Waals surface area (Å²) >= 11 is 0. The van der Waals surface area contributed by atoms with E-state index in [2.05, 4.69) is 35.6 Å². The van der Waals surface area contributed by atoms with Gasteiger partial charge in [-0.2, -0.15) is 10.1 Å². The highest BCUT2D eigenvalue weighted by molar-refractivity contribution is 5.50. The van der Waals surface area contributed by atoms with Gasteiger partial charge >= 0.3 is 0 Å². The largest absolute Gasteiger partial charge is 0.339 e. The third kappa shape index (κ3) is 2.08. The third-order valence-electron chi connectivity index (χ3n) is 3.42. The first-order chi connectivity index (χ1) is 8.86. The maximum atomic E-state index is 4.49. The standard InChI is InChI=1S/C11H17N7/c1-12-8-3-6-18(7-4-8)11-14-10(16-17-11)9-2-5-13-15-9/h2,5,8,12H,3-4,6-7H2,1H3,(H,13,15)(H,14,16,17). The smallest absolute Gasteiger partial charge is 0.245 e. The van der Waals surface area contributed by atoms with Crippen LogP contribution < -0.4 is 10.2 Å². The number of nitrogens with one attached hydrogen (secondary N) is 3. The number of aromatic amines is 2. The van der Waals surface area contributed by atoms with Gasteiger partial charge < -0.3 is 10.2 Å². The zero-order valence-corrected chi connectivity index (χ0v) is 10.3. The second-order valence-electron chi connectivity index (χ2n) is 4.50. The molecule has 0 saturated carbocycles. The fourth-order valence-corrected chi connectivity index (χ4v) is 2.27. The molecule has 0 bridgehead atoms. The van der Waals surface area contributed by atoms with Crippen molar-refractivity contribution in [2.45, 2.75) is 18.9 Å². The zero-order chi connectivity index (χ0) is 12.4. The lowest BCUT2D eigenvalue weighted by Gasteiger charge is -2.30. The number of rotatable bonds is 3. The summed E-state index contributed by atoms with van der Waals surface area (Å²) in [4.78, 5) is 6.71. The lowest BCUT2D eigenvalue weighted by molar-refractivity contribution is 0.439. The van der Waals surface area contributed by atoms with Gasteiger partial charge in [0.1, 0.15) is 5.69 Å². The van der Waals surface area contributed by atoms with Crippen LogP contribution >= 0.6 is 0 Å². The van der Waals surface area contributed by atoms with Gasteiger partial charge in [-0.25, -0.2) is 0 Å². The second kappa shape index (κ2) is 4.77. The Balaban J connectivity index is 1.71. The van der Waals surface area contributed by atoms with E-state index in [1.807, 2.05) is 13.1 Å². The predicted molar refractivity (Wildman–Crippen MR) is 68.3 cm³/mol. The van der Waals surface area contributed by atoms with E-state index in [0.717, 1.165) is 43.4 Å². The van der Waals surface area contributed by atoms with Crippen molar-refractivity contribution in [2.75, 3.05) is 25.0 Å². The molecule has 0 spiro atoms. The first-order valence-electron chi connectivity index (χ1n) is 6.21. The Labute approximate surface area is 105 Å². The number of piperidine rings is 1. The summed E-state index contributed by atoms with van der Waals surface area (Å²) in [6, 6.07) is 2.49. The predicted octanol–water partition coefficient (Wildman–Crippen LogP) is 0.383. The molecule has 1 fully saturated rings. The SMILES string of the molecule is CNC1CCN(c2n[nH]c(-c3ccn[nH]3)n2)CC1. The van der Waals surface area contributed by atoms with E-state index in [1.54, 1.807) is 6.20 Å². The lowest BCUT2D eigenvalue weighted by Crippen LogP contribution is -2.41. The van der Waals surface area contributed by atoms with Crippen LogP contribution in [0, 0.1) is 0 Å². The van der Waals surface area contributed by atoms with Crippen LogP contribution in [0.15, 0.2) is 12.3 Å². The normalized spacial score (nSPS) is 17.3. The Kier molecular flexibility index (Phi) is 2.97. The molecular weight excluding hydrogens is 230 g/mol. The summed E-state index contributed by atoms with van der Waals surface area (Å²) in [5, 5.41) is 17.3. The molecule has 0 aliphatic carbocycles. The average Bonchev–Trinajstić information content (AvgIpc) is 3.09. The van der Waals surface area contributed by atoms with Crippen molar-refractivity contribution in [3.63, 3.8) is 0 Å². The van der Waals surface area contributed by atoms with E-state index in [-0.39, 0.29) is 0 Å². The summed E-state index contributed by atoms with van der Waals surface area (Å²) in [5.74, 6) is 1.51. The van der Waals surface area contributed by atoms with Gasteiger partial charge in [-0.15, -0.1) is 5.10 Å². The Morgan fingerprint density at radius 3 is 2.83 bits per heavy atom. The summed E-state index contributed by atoms with van der Waals surface area (Å²) in [6.45, 7) is 1.98. The number of nitrogens with zero attached hydrogens (tertiary/aromatic N) is 4. The van der Waals surface area contributed by atoms with Gasteiger partial charge in [-0.1, -0.05) is 0 Å². The molecule has 3 N–H and O–H groups in total. The molecule has 0 amide bonds. The molecule has 3 rings (SSSR count). The van der Waals surface area contributed by atoms with Crippen molar-refractivity contribution in [1.82, 2.24) is 30.7 Å². The van der Waals surface area contributed by atoms with Gasteiger partial charge in [0.25, 0.3) is 0 Å². The molecule has 1 aliphatic heterocycles. The molecule has 0 atom stereocenters. The lowest BCUT2D eigenvalue weighted by atomic mass is 10.1. The number of hydrogen-bond donors (Lipinski definition) is 3. The molecule has 18 heavy (non-hydrogen) atoms. The first kappa shape index (κ1) is 11.2. The van der Waals surface area contributed by atoms with Crippen LogP contribution in [0.3, 0.4) is 0 Å². The second-order valence-corrected chi connectivity index (χ2v) is 4.50. The van der Waals surface area contributed by atoms with Crippen LogP contribution in [0.4, 0.5) is 5.95 Å². The average molecular weight is 247 g/mol. The van der Waals surface area contributed by atoms with Crippen molar-refractivity contribution >= 4 is 5.95 Å². The van der Waals surface area contributed by atoms with Gasteiger partial charge in [0.15, 0.2) is 5.82 Å². The fourth-order valence-electron chi connectivity index (χ4n) is 2.27. The monoisotopic (exact) mass is 247 g/mol. The third-order valence-corrected chi connectivity index (χ3v) is 3.42. The van der Waals surface area contributed by atoms with Crippen molar-refractivity contribution in [2.24, 2.45) is 0 Å². The minimum absolute atomic E-state index is 0.618. The van der Waals surface area contributed by atoms with Gasteiger partial charge in [-0.3, -0.25) is 10.2 Å². The minimum atomic E-state index is 0.618. The zero-order valence-electron chi connectivity index (χ0n) is 10.3. The Morgan fingerprint density at radius 1 is 1.33 bits per heavy atom. The number of aromatic nitrogens is 5. The molecular formula is C11H17N7. The van der Waals surface area contributed by atoms with Gasteiger partial charge in [-0.05, 0) is 26.0 Å². The summed E-state index contributed by atoms with van der Waals surface area (Å²) < 4.78 is 0. The molecule has 1 aliphatic rings. The van der Waals surface area contributed by atoms with Crippen molar-refractivity contribution in [3.05, 3.63) is 12.3 Å². The van der Waals surface area contributed by atoms with Crippen LogP contribution in [0.2, 0.25) is 0 Å². The molecule has 7 heteroatoms. The first-order valence-corrected chi connectivity index (χ1v) is 6.21. The Bertz CT molecular complexity index is 481. The van der Waals surface area contributed by atoms with Crippen LogP contribution in [-0.4, -0.2) is 51.6 Å². The highest BCUT2D eigenvalue weighted by Crippen LogP contribution is 2.18. The van der Waals surface area contributed by atoms with Gasteiger partial charge in [0.05, 0.1) is 0 Å². The van der Waals surface area contributed by atoms with Crippen molar-refractivity contribution in [3.8, 4) is 11.5 Å². The van der Waals surface area contributed by atoms with E-state index in [4.69, 9.17) is 0 Å². The van der Waals surface area contributed by atoms with Crippen LogP contribution in [0.1, 0.15) is 12.8 Å². The van der Waals surface area contributed by atoms with Gasteiger partial charge in [0, 0.05) is 25.3 Å². The molecule has 2 aromatic rings. The Hall–Kier alpha value is -1.89. The molecule has 0 radical (unpaired) electrons. The minimum Gasteiger partial charge on any atom is -0.339 e. The van der Waals surface area contributed by atoms with Crippen LogP contribution in [-0.2, 0) is 0 Å². The van der Waals surface area contributed by atoms with E-state index in [0.29, 0.717) is 6.04 Å². The maximum Gasteiger partial charge on any atom is 0.245 e. The molecule has 7 nitrogen and oxygen atoms in total. The Morgan fingerprint density at radius 2 is 2.17 bits per heavy atom. The van der Waals surface area contributed by atoms with Gasteiger partial charge in [0.2, 0.25) is 5.95 Å². The van der Waals surface area contributed by atoms with E-state index in [9.17, 15) is 0 Å². The topological polar surface area (TPSA) is 85.5 Å². The highest BCUT2D eigenvalue weighted by atomic mass is 15.4. The van der Waals surface area contributed by atoms with Crippen molar-refractivity contribution < 1.29 is 0 Å². The van der Waals surface area contributed by atoms with E-state index in [1.165, 1.54) is 0 Å². The van der Waals surface area contributed by atoms with E-state index >= 15 is 0 Å². The molecule has 1 saturated heterocycles. The van der Waals surface area contributed by atoms with Crippen molar-refractivity contribution in [1.29, 1.82) is 0 Å². The summed E-state index contributed by atoms with van der Waals surface area (Å²) in [5.41, 5.74) is 0.860. The molecule has 3 heterocycles. The molecule has 0 aromatic carbocycles. The summed E-state index contributed by atoms with van der Waals surface area (Å²) in [7, 11) is 2.02. The molecule has 2 aromatic heterocycles. The highest BCUT2D eigenvalue weighted by Gasteiger charge is 2.21. The van der Waals surface area contributed by atoms with E-state index < -0.39 is 0 Å². The van der Waals surface area contributed by atoms with Crippen LogP contribution in [0.25, 0.3) is 11.5 Å². The molecule has 0 unspecified atom stereocenters. The fraction of sp³-hybridized carbons (Fsp3) is 0.545. The summed E-state index contributed by atoms with van der Waals surface area (Å²) in [6.07, 6.45) is 3.96. The molecule has 96 valence electrons. The van der Waals surface area contributed by atoms with Crippen LogP contribution in [0.5, 0.6) is 0 Å². The number of hydrogen-bond acceptors (Lipinski definition) is 5. The quantitative estimate of drug-likeness (QED) is 0.730.